The van der Waals surface area contributed by atoms with Crippen LogP contribution in [0.5, 0.6) is 5.75 Å². The smallest absolute Gasteiger partial charge is 0.244 e. The normalized spacial score (nSPS) is 24.1. The van der Waals surface area contributed by atoms with Gasteiger partial charge in [-0.1, -0.05) is 0 Å². The molecule has 2 aliphatic heterocycles. The van der Waals surface area contributed by atoms with E-state index < -0.39 is 10.0 Å². The number of rotatable bonds is 9. The lowest BCUT2D eigenvalue weighted by Gasteiger charge is -2.42. The molecule has 0 spiro atoms. The van der Waals surface area contributed by atoms with Gasteiger partial charge in [0.1, 0.15) is 5.75 Å². The Morgan fingerprint density at radius 2 is 1.83 bits per heavy atom. The number of carbonyl (C=O) groups is 1. The topological polar surface area (TPSA) is 84.3 Å². The van der Waals surface area contributed by atoms with Crippen LogP contribution in [0.4, 0.5) is 0 Å². The van der Waals surface area contributed by atoms with Gasteiger partial charge in [-0.2, -0.15) is 4.31 Å². The van der Waals surface area contributed by atoms with Crippen molar-refractivity contribution in [1.29, 1.82) is 0 Å². The lowest BCUT2D eigenvalue weighted by Crippen LogP contribution is -2.49. The molecule has 3 heterocycles. The highest BCUT2D eigenvalue weighted by Crippen LogP contribution is 2.38. The number of sulfonamides is 1. The van der Waals surface area contributed by atoms with Crippen LogP contribution in [0.1, 0.15) is 67.8 Å². The highest BCUT2D eigenvalue weighted by atomic mass is 32.2. The Bertz CT molecular complexity index is 1300. The summed E-state index contributed by atoms with van der Waals surface area (Å²) in [6.45, 7) is 8.22. The molecule has 3 atom stereocenters. The predicted molar refractivity (Wildman–Crippen MR) is 159 cm³/mol. The minimum absolute atomic E-state index is 0.153. The van der Waals surface area contributed by atoms with Crippen LogP contribution in [0.2, 0.25) is 0 Å². The third kappa shape index (κ3) is 6.35. The van der Waals surface area contributed by atoms with Crippen LogP contribution in [-0.4, -0.2) is 92.1 Å². The largest absolute Gasteiger partial charge is 0.497 e. The average molecular weight is 587 g/mol. The monoisotopic (exact) mass is 586 g/mol. The number of hydrogen-bond acceptors (Lipinski definition) is 6. The van der Waals surface area contributed by atoms with Gasteiger partial charge < -0.3 is 18.9 Å². The van der Waals surface area contributed by atoms with Gasteiger partial charge in [-0.15, -0.1) is 0 Å². The van der Waals surface area contributed by atoms with Crippen LogP contribution in [0.15, 0.2) is 35.4 Å². The zero-order valence-electron chi connectivity index (χ0n) is 25.0. The number of amides is 1. The standard InChI is InChI=1S/C31H46N4O5S/c1-23-20-27(39-4)21-24(2)31(23)41(37,38)35-15-14-34-13-7-11-28(34)29(35)10-6-12-30(36)32(3)25-8-5-9-26(22-25)33-16-18-40-19-17-33/h7,11,13,20-21,25-26,29H,5-6,8-10,12,14-19,22H2,1-4H3/t25-,26+,29?/m0/s1. The van der Waals surface area contributed by atoms with Crippen molar-refractivity contribution in [3.8, 4) is 5.75 Å². The fraction of sp³-hybridized carbons (Fsp3) is 0.645. The van der Waals surface area contributed by atoms with Gasteiger partial charge in [0, 0.05) is 63.6 Å². The number of benzene rings is 1. The second-order valence-electron chi connectivity index (χ2n) is 11.9. The maximum Gasteiger partial charge on any atom is 0.244 e. The number of fused-ring (bicyclic) bond motifs is 1. The molecule has 1 aromatic heterocycles. The number of carbonyl (C=O) groups excluding carboxylic acids is 1. The Kier molecular flexibility index (Phi) is 9.43. The van der Waals surface area contributed by atoms with Crippen molar-refractivity contribution in [3.63, 3.8) is 0 Å². The number of aryl methyl sites for hydroxylation is 2. The van der Waals surface area contributed by atoms with E-state index in [1.54, 1.807) is 23.5 Å². The number of aromatic nitrogens is 1. The minimum Gasteiger partial charge on any atom is -0.497 e. The fourth-order valence-corrected chi connectivity index (χ4v) is 9.20. The Morgan fingerprint density at radius 3 is 2.54 bits per heavy atom. The molecular weight excluding hydrogens is 540 g/mol. The number of morpholine rings is 1. The molecule has 0 N–H and O–H groups in total. The molecule has 9 nitrogen and oxygen atoms in total. The number of hydrogen-bond donors (Lipinski definition) is 0. The van der Waals surface area contributed by atoms with Crippen LogP contribution >= 0.6 is 0 Å². The molecule has 2 aromatic rings. The van der Waals surface area contributed by atoms with Crippen LogP contribution < -0.4 is 4.74 Å². The zero-order valence-corrected chi connectivity index (χ0v) is 25.9. The second kappa shape index (κ2) is 12.9. The molecule has 0 radical (unpaired) electrons. The van der Waals surface area contributed by atoms with Gasteiger partial charge >= 0.3 is 0 Å². The summed E-state index contributed by atoms with van der Waals surface area (Å²) in [7, 11) is -0.223. The first-order valence-corrected chi connectivity index (χ1v) is 16.5. The summed E-state index contributed by atoms with van der Waals surface area (Å²) in [5.41, 5.74) is 2.35. The van der Waals surface area contributed by atoms with Crippen LogP contribution in [-0.2, 0) is 26.1 Å². The number of methoxy groups -OCH3 is 1. The maximum atomic E-state index is 14.1. The van der Waals surface area contributed by atoms with Gasteiger partial charge in [0.25, 0.3) is 0 Å². The van der Waals surface area contributed by atoms with Gasteiger partial charge in [-0.3, -0.25) is 9.69 Å². The van der Waals surface area contributed by atoms with Crippen molar-refractivity contribution in [2.24, 2.45) is 0 Å². The van der Waals surface area contributed by atoms with Gasteiger partial charge in [-0.25, -0.2) is 8.42 Å². The van der Waals surface area contributed by atoms with E-state index >= 15 is 0 Å². The lowest BCUT2D eigenvalue weighted by molar-refractivity contribution is -0.133. The van der Waals surface area contributed by atoms with E-state index in [0.717, 1.165) is 51.3 Å². The van der Waals surface area contributed by atoms with Gasteiger partial charge in [0.05, 0.1) is 31.3 Å². The van der Waals surface area contributed by atoms with Crippen LogP contribution in [0, 0.1) is 13.8 Å². The van der Waals surface area contributed by atoms with Gasteiger partial charge in [-0.05, 0) is 87.8 Å². The molecule has 3 aliphatic rings. The van der Waals surface area contributed by atoms with E-state index in [4.69, 9.17) is 9.47 Å². The first kappa shape index (κ1) is 30.1. The zero-order chi connectivity index (χ0) is 29.1. The number of ether oxygens (including phenoxy) is 2. The van der Waals surface area contributed by atoms with Crippen molar-refractivity contribution in [3.05, 3.63) is 47.3 Å². The highest BCUT2D eigenvalue weighted by molar-refractivity contribution is 7.89. The summed E-state index contributed by atoms with van der Waals surface area (Å²) >= 11 is 0. The molecule has 1 saturated carbocycles. The van der Waals surface area contributed by atoms with Crippen LogP contribution in [0.3, 0.4) is 0 Å². The third-order valence-electron chi connectivity index (χ3n) is 9.34. The van der Waals surface area contributed by atoms with Crippen molar-refractivity contribution in [2.45, 2.75) is 88.4 Å². The second-order valence-corrected chi connectivity index (χ2v) is 13.7. The summed E-state index contributed by atoms with van der Waals surface area (Å²) in [6, 6.07) is 8.02. The summed E-state index contributed by atoms with van der Waals surface area (Å²) in [4.78, 5) is 18.2. The Labute approximate surface area is 245 Å². The molecule has 1 aromatic carbocycles. The molecular formula is C31H46N4O5S. The van der Waals surface area contributed by atoms with Crippen molar-refractivity contribution < 1.29 is 22.7 Å². The maximum absolute atomic E-state index is 14.1. The molecule has 226 valence electrons. The molecule has 1 amide bonds. The van der Waals surface area contributed by atoms with Crippen LogP contribution in [0.25, 0.3) is 0 Å². The summed E-state index contributed by atoms with van der Waals surface area (Å²) in [5.74, 6) is 0.806. The van der Waals surface area contributed by atoms with Gasteiger partial charge in [0.2, 0.25) is 15.9 Å². The van der Waals surface area contributed by atoms with Crippen molar-refractivity contribution in [2.75, 3.05) is 47.0 Å². The van der Waals surface area contributed by atoms with Crippen molar-refractivity contribution >= 4 is 15.9 Å². The molecule has 10 heteroatoms. The summed E-state index contributed by atoms with van der Waals surface area (Å²) in [5, 5.41) is 0. The first-order chi connectivity index (χ1) is 19.7. The van der Waals surface area contributed by atoms with E-state index in [1.807, 2.05) is 44.1 Å². The quantitative estimate of drug-likeness (QED) is 0.440. The summed E-state index contributed by atoms with van der Waals surface area (Å²) < 4.78 is 43.0. The van der Waals surface area contributed by atoms with Crippen molar-refractivity contribution in [1.82, 2.24) is 18.7 Å². The van der Waals surface area contributed by atoms with Gasteiger partial charge in [0.15, 0.2) is 0 Å². The predicted octanol–water partition coefficient (Wildman–Crippen LogP) is 4.13. The van der Waals surface area contributed by atoms with E-state index in [1.165, 1.54) is 6.42 Å². The molecule has 1 unspecified atom stereocenters. The summed E-state index contributed by atoms with van der Waals surface area (Å²) in [6.07, 6.45) is 8.06. The van der Waals surface area contributed by atoms with E-state index in [0.29, 0.717) is 60.2 Å². The average Bonchev–Trinajstić information content (AvgIpc) is 3.46. The molecule has 0 bridgehead atoms. The SMILES string of the molecule is COc1cc(C)c(S(=O)(=O)N2CCn3cccc3C2CCCC(=O)N(C)[C@H]2CCC[C@@H](N3CCOCC3)C2)c(C)c1. The Balaban J connectivity index is 1.26. The van der Waals surface area contributed by atoms with E-state index in [2.05, 4.69) is 9.47 Å². The minimum atomic E-state index is -3.76. The third-order valence-corrected chi connectivity index (χ3v) is 11.6. The fourth-order valence-electron chi connectivity index (χ4n) is 7.17. The van der Waals surface area contributed by atoms with E-state index in [9.17, 15) is 13.2 Å². The lowest BCUT2D eigenvalue weighted by atomic mass is 9.88. The molecule has 1 aliphatic carbocycles. The van der Waals surface area contributed by atoms with E-state index in [-0.39, 0.29) is 18.0 Å². The Morgan fingerprint density at radius 1 is 1.10 bits per heavy atom. The molecule has 2 fully saturated rings. The number of nitrogens with zero attached hydrogens (tertiary/aromatic N) is 4. The molecule has 5 rings (SSSR count). The molecule has 41 heavy (non-hydrogen) atoms. The highest BCUT2D eigenvalue weighted by Gasteiger charge is 2.38. The molecule has 1 saturated heterocycles. The Hall–Kier alpha value is -2.40. The first-order valence-electron chi connectivity index (χ1n) is 15.1.